The van der Waals surface area contributed by atoms with E-state index >= 15 is 0 Å². The number of phenols is 1. The summed E-state index contributed by atoms with van der Waals surface area (Å²) in [5.74, 6) is -0.0313. The van der Waals surface area contributed by atoms with Gasteiger partial charge in [-0.1, -0.05) is 55.1 Å². The fourth-order valence-corrected chi connectivity index (χ4v) is 1.54. The Morgan fingerprint density at radius 2 is 1.75 bits per heavy atom. The summed E-state index contributed by atoms with van der Waals surface area (Å²) in [6, 6.07) is 17.2. The summed E-state index contributed by atoms with van der Waals surface area (Å²) in [5.41, 5.74) is 1.92. The summed E-state index contributed by atoms with van der Waals surface area (Å²) in [5, 5.41) is 9.56. The molecule has 3 nitrogen and oxygen atoms in total. The van der Waals surface area contributed by atoms with Gasteiger partial charge in [0.2, 0.25) is 0 Å². The maximum atomic E-state index is 10.1. The Balaban J connectivity index is 0.000000246. The Morgan fingerprint density at radius 1 is 1.15 bits per heavy atom. The van der Waals surface area contributed by atoms with E-state index in [0.29, 0.717) is 12.4 Å². The molecule has 2 rings (SSSR count). The van der Waals surface area contributed by atoms with Crippen molar-refractivity contribution in [3.63, 3.8) is 0 Å². The zero-order valence-electron chi connectivity index (χ0n) is 11.5. The molecule has 3 heteroatoms. The van der Waals surface area contributed by atoms with Gasteiger partial charge >= 0.3 is 5.97 Å². The van der Waals surface area contributed by atoms with Crippen molar-refractivity contribution in [1.82, 2.24) is 0 Å². The van der Waals surface area contributed by atoms with Crippen molar-refractivity contribution in [1.29, 1.82) is 0 Å². The quantitative estimate of drug-likeness (QED) is 0.681. The van der Waals surface area contributed by atoms with Crippen LogP contribution in [0.25, 0.3) is 11.1 Å². The van der Waals surface area contributed by atoms with E-state index in [0.717, 1.165) is 17.2 Å². The van der Waals surface area contributed by atoms with Crippen molar-refractivity contribution in [2.24, 2.45) is 0 Å². The topological polar surface area (TPSA) is 46.5 Å². The normalized spacial score (nSPS) is 9.05. The van der Waals surface area contributed by atoms with Crippen molar-refractivity contribution in [3.8, 4) is 16.9 Å². The first kappa shape index (κ1) is 15.5. The zero-order chi connectivity index (χ0) is 14.8. The Morgan fingerprint density at radius 3 is 2.25 bits per heavy atom. The van der Waals surface area contributed by atoms with Crippen LogP contribution in [0.2, 0.25) is 0 Å². The molecule has 0 bridgehead atoms. The third kappa shape index (κ3) is 4.98. The molecule has 20 heavy (non-hydrogen) atoms. The highest BCUT2D eigenvalue weighted by atomic mass is 16.5. The molecule has 0 unspecified atom stereocenters. The molecule has 104 valence electrons. The average molecular weight is 270 g/mol. The summed E-state index contributed by atoms with van der Waals surface area (Å²) in [6.45, 7) is 5.38. The second kappa shape index (κ2) is 8.53. The second-order valence-electron chi connectivity index (χ2n) is 3.84. The summed E-state index contributed by atoms with van der Waals surface area (Å²) >= 11 is 0. The highest BCUT2D eigenvalue weighted by Crippen LogP contribution is 2.27. The van der Waals surface area contributed by atoms with Gasteiger partial charge in [0.1, 0.15) is 5.75 Å². The lowest BCUT2D eigenvalue weighted by Gasteiger charge is -2.02. The first-order valence-corrected chi connectivity index (χ1v) is 6.31. The zero-order valence-corrected chi connectivity index (χ0v) is 11.5. The highest BCUT2D eigenvalue weighted by molar-refractivity contribution is 5.81. The van der Waals surface area contributed by atoms with Crippen LogP contribution in [0.3, 0.4) is 0 Å². The summed E-state index contributed by atoms with van der Waals surface area (Å²) in [7, 11) is 0. The number of rotatable bonds is 3. The van der Waals surface area contributed by atoms with Crippen molar-refractivity contribution in [2.75, 3.05) is 6.61 Å². The van der Waals surface area contributed by atoms with Crippen LogP contribution in [-0.2, 0) is 9.53 Å². The Hall–Kier alpha value is -2.55. The molecule has 0 heterocycles. The monoisotopic (exact) mass is 270 g/mol. The summed E-state index contributed by atoms with van der Waals surface area (Å²) < 4.78 is 4.43. The fraction of sp³-hybridized carbons (Fsp3) is 0.118. The number of para-hydroxylation sites is 1. The first-order valence-electron chi connectivity index (χ1n) is 6.31. The van der Waals surface area contributed by atoms with Crippen LogP contribution in [0.4, 0.5) is 0 Å². The van der Waals surface area contributed by atoms with Crippen molar-refractivity contribution >= 4 is 5.97 Å². The van der Waals surface area contributed by atoms with Gasteiger partial charge in [0.15, 0.2) is 0 Å². The van der Waals surface area contributed by atoms with Gasteiger partial charge in [-0.05, 0) is 18.6 Å². The van der Waals surface area contributed by atoms with Gasteiger partial charge < -0.3 is 9.84 Å². The van der Waals surface area contributed by atoms with Crippen LogP contribution in [0.1, 0.15) is 6.92 Å². The van der Waals surface area contributed by atoms with Gasteiger partial charge in [-0.2, -0.15) is 0 Å². The molecule has 2 aromatic carbocycles. The Bertz CT molecular complexity index is 547. The van der Waals surface area contributed by atoms with E-state index < -0.39 is 0 Å². The number of carbonyl (C=O) groups is 1. The maximum absolute atomic E-state index is 10.1. The van der Waals surface area contributed by atoms with Crippen LogP contribution in [0.15, 0.2) is 67.3 Å². The van der Waals surface area contributed by atoms with Crippen LogP contribution in [0, 0.1) is 0 Å². The van der Waals surface area contributed by atoms with Gasteiger partial charge in [0.25, 0.3) is 0 Å². The number of aromatic hydroxyl groups is 1. The van der Waals surface area contributed by atoms with Crippen molar-refractivity contribution < 1.29 is 14.6 Å². The largest absolute Gasteiger partial charge is 0.507 e. The lowest BCUT2D eigenvalue weighted by molar-refractivity contribution is -0.137. The molecule has 0 aliphatic rings. The predicted octanol–water partition coefficient (Wildman–Crippen LogP) is 3.79. The van der Waals surface area contributed by atoms with Gasteiger partial charge in [0.05, 0.1) is 6.61 Å². The number of phenolic OH excluding ortho intramolecular Hbond substituents is 1. The maximum Gasteiger partial charge on any atom is 0.330 e. The minimum Gasteiger partial charge on any atom is -0.507 e. The molecule has 1 N–H and O–H groups in total. The lowest BCUT2D eigenvalue weighted by Crippen LogP contribution is -1.97. The van der Waals surface area contributed by atoms with Gasteiger partial charge in [-0.15, -0.1) is 0 Å². The van der Waals surface area contributed by atoms with E-state index in [2.05, 4.69) is 11.3 Å². The molecule has 0 radical (unpaired) electrons. The van der Waals surface area contributed by atoms with Crippen LogP contribution >= 0.6 is 0 Å². The molecular formula is C17H18O3. The number of ether oxygens (including phenoxy) is 1. The summed E-state index contributed by atoms with van der Waals surface area (Å²) in [6.07, 6.45) is 1.14. The van der Waals surface area contributed by atoms with E-state index in [-0.39, 0.29) is 5.97 Å². The molecule has 0 aliphatic heterocycles. The predicted molar refractivity (Wildman–Crippen MR) is 80.4 cm³/mol. The van der Waals surface area contributed by atoms with E-state index in [4.69, 9.17) is 0 Å². The third-order valence-corrected chi connectivity index (χ3v) is 2.44. The smallest absolute Gasteiger partial charge is 0.330 e. The number of esters is 1. The lowest BCUT2D eigenvalue weighted by atomic mass is 10.1. The van der Waals surface area contributed by atoms with Gasteiger partial charge in [0, 0.05) is 11.6 Å². The van der Waals surface area contributed by atoms with E-state index in [1.165, 1.54) is 0 Å². The fourth-order valence-electron chi connectivity index (χ4n) is 1.54. The Labute approximate surface area is 119 Å². The molecule has 0 aliphatic carbocycles. The molecule has 0 aromatic heterocycles. The molecule has 0 amide bonds. The third-order valence-electron chi connectivity index (χ3n) is 2.44. The number of carbonyl (C=O) groups excluding carboxylic acids is 1. The minimum absolute atomic E-state index is 0.328. The van der Waals surface area contributed by atoms with Gasteiger partial charge in [-0.3, -0.25) is 0 Å². The highest BCUT2D eigenvalue weighted by Gasteiger charge is 2.00. The Kier molecular flexibility index (Phi) is 6.62. The molecule has 0 fully saturated rings. The SMILES string of the molecule is C=CC(=O)OCC.Oc1ccccc1-c1ccccc1. The molecule has 0 saturated carbocycles. The van der Waals surface area contributed by atoms with E-state index in [9.17, 15) is 9.90 Å². The van der Waals surface area contributed by atoms with Gasteiger partial charge in [-0.25, -0.2) is 4.79 Å². The average Bonchev–Trinajstić information content (AvgIpc) is 2.49. The molecule has 0 spiro atoms. The van der Waals surface area contributed by atoms with Crippen LogP contribution in [0.5, 0.6) is 5.75 Å². The molecule has 2 aromatic rings. The van der Waals surface area contributed by atoms with E-state index in [1.54, 1.807) is 13.0 Å². The number of hydrogen-bond acceptors (Lipinski definition) is 3. The molecule has 0 saturated heterocycles. The standard InChI is InChI=1S/C12H10O.C5H8O2/c13-12-9-5-4-8-11(12)10-6-2-1-3-7-10;1-3-5(6)7-4-2/h1-9,13H;3H,1,4H2,2H3. The number of hydrogen-bond donors (Lipinski definition) is 1. The minimum atomic E-state index is -0.359. The summed E-state index contributed by atoms with van der Waals surface area (Å²) in [4.78, 5) is 10.1. The van der Waals surface area contributed by atoms with Crippen molar-refractivity contribution in [2.45, 2.75) is 6.92 Å². The van der Waals surface area contributed by atoms with E-state index in [1.807, 2.05) is 48.5 Å². The van der Waals surface area contributed by atoms with Crippen LogP contribution in [-0.4, -0.2) is 17.7 Å². The molecule has 0 atom stereocenters. The second-order valence-corrected chi connectivity index (χ2v) is 3.84. The van der Waals surface area contributed by atoms with Crippen LogP contribution < -0.4 is 0 Å². The first-order chi connectivity index (χ1) is 9.69. The van der Waals surface area contributed by atoms with Crippen molar-refractivity contribution in [3.05, 3.63) is 67.3 Å². The number of benzene rings is 2. The molecular weight excluding hydrogens is 252 g/mol.